The van der Waals surface area contributed by atoms with Crippen molar-refractivity contribution in [2.24, 2.45) is 5.92 Å². The van der Waals surface area contributed by atoms with E-state index >= 15 is 0 Å². The van der Waals surface area contributed by atoms with Gasteiger partial charge in [0.15, 0.2) is 0 Å². The molecule has 1 aliphatic rings. The molecular formula is C6H8O2S. The second-order valence-corrected chi connectivity index (χ2v) is 2.77. The molecule has 2 nitrogen and oxygen atoms in total. The normalized spacial score (nSPS) is 26.7. The van der Waals surface area contributed by atoms with Gasteiger partial charge in [0.1, 0.15) is 0 Å². The van der Waals surface area contributed by atoms with Crippen molar-refractivity contribution in [2.45, 2.75) is 19.3 Å². The van der Waals surface area contributed by atoms with Gasteiger partial charge in [-0.3, -0.25) is 4.79 Å². The molecule has 50 valence electrons. The van der Waals surface area contributed by atoms with Crippen LogP contribution in [0.25, 0.3) is 0 Å². The van der Waals surface area contributed by atoms with Crippen molar-refractivity contribution >= 4 is 23.1 Å². The van der Waals surface area contributed by atoms with Crippen molar-refractivity contribution in [3.63, 3.8) is 0 Å². The number of thiocarbonyl (C=S) groups is 1. The summed E-state index contributed by atoms with van der Waals surface area (Å²) < 4.78 is 0. The van der Waals surface area contributed by atoms with Crippen LogP contribution in [0.15, 0.2) is 0 Å². The number of carbonyl (C=O) groups is 1. The number of carboxylic acid groups (broad SMARTS) is 1. The highest BCUT2D eigenvalue weighted by molar-refractivity contribution is 7.80. The molecule has 0 radical (unpaired) electrons. The highest BCUT2D eigenvalue weighted by Crippen LogP contribution is 2.22. The van der Waals surface area contributed by atoms with Crippen LogP contribution in [-0.4, -0.2) is 15.9 Å². The van der Waals surface area contributed by atoms with Gasteiger partial charge in [-0.25, -0.2) is 0 Å². The van der Waals surface area contributed by atoms with Crippen LogP contribution in [0.3, 0.4) is 0 Å². The first-order valence-corrected chi connectivity index (χ1v) is 3.38. The predicted octanol–water partition coefficient (Wildman–Crippen LogP) is 1.24. The zero-order valence-corrected chi connectivity index (χ0v) is 5.78. The van der Waals surface area contributed by atoms with Crippen molar-refractivity contribution < 1.29 is 9.90 Å². The van der Waals surface area contributed by atoms with Gasteiger partial charge in [0.2, 0.25) is 0 Å². The number of hydrogen-bond acceptors (Lipinski definition) is 2. The highest BCUT2D eigenvalue weighted by Gasteiger charge is 2.26. The van der Waals surface area contributed by atoms with Crippen molar-refractivity contribution in [3.8, 4) is 0 Å². The molecule has 1 aliphatic carbocycles. The van der Waals surface area contributed by atoms with Gasteiger partial charge < -0.3 is 5.11 Å². The molecule has 1 unspecified atom stereocenters. The summed E-state index contributed by atoms with van der Waals surface area (Å²) in [6, 6.07) is 0. The third-order valence-corrected chi connectivity index (χ3v) is 2.09. The zero-order chi connectivity index (χ0) is 6.85. The Balaban J connectivity index is 2.60. The van der Waals surface area contributed by atoms with Crippen molar-refractivity contribution in [1.82, 2.24) is 0 Å². The molecule has 0 aromatic heterocycles. The third kappa shape index (κ3) is 1.27. The Bertz CT molecular complexity index is 153. The maximum Gasteiger partial charge on any atom is 0.311 e. The van der Waals surface area contributed by atoms with E-state index in [1.54, 1.807) is 0 Å². The summed E-state index contributed by atoms with van der Waals surface area (Å²) in [5.74, 6) is -1.07. The second-order valence-electron chi connectivity index (χ2n) is 2.25. The Morgan fingerprint density at radius 1 is 1.78 bits per heavy atom. The summed E-state index contributed by atoms with van der Waals surface area (Å²) in [6.07, 6.45) is 2.52. The van der Waals surface area contributed by atoms with E-state index in [1.165, 1.54) is 0 Å². The summed E-state index contributed by atoms with van der Waals surface area (Å²) >= 11 is 4.84. The van der Waals surface area contributed by atoms with Crippen LogP contribution in [0.5, 0.6) is 0 Å². The van der Waals surface area contributed by atoms with Gasteiger partial charge in [0.05, 0.1) is 5.92 Å². The van der Waals surface area contributed by atoms with E-state index in [9.17, 15) is 4.79 Å². The smallest absolute Gasteiger partial charge is 0.311 e. The zero-order valence-electron chi connectivity index (χ0n) is 4.96. The van der Waals surface area contributed by atoms with Crippen LogP contribution in [0, 0.1) is 5.92 Å². The van der Waals surface area contributed by atoms with Crippen LogP contribution in [-0.2, 0) is 4.79 Å². The minimum atomic E-state index is -0.752. The number of carboxylic acids is 1. The van der Waals surface area contributed by atoms with Crippen LogP contribution in [0.1, 0.15) is 19.3 Å². The Labute approximate surface area is 58.9 Å². The lowest BCUT2D eigenvalue weighted by Gasteiger charge is -1.99. The monoisotopic (exact) mass is 144 g/mol. The fourth-order valence-corrected chi connectivity index (χ4v) is 1.44. The van der Waals surface area contributed by atoms with E-state index in [-0.39, 0.29) is 5.92 Å². The van der Waals surface area contributed by atoms with Gasteiger partial charge in [-0.1, -0.05) is 12.2 Å². The molecule has 1 fully saturated rings. The molecule has 0 amide bonds. The van der Waals surface area contributed by atoms with E-state index in [0.717, 1.165) is 24.1 Å². The van der Waals surface area contributed by atoms with Gasteiger partial charge in [-0.2, -0.15) is 0 Å². The molecule has 0 aromatic rings. The van der Waals surface area contributed by atoms with E-state index < -0.39 is 5.97 Å². The molecule has 9 heavy (non-hydrogen) atoms. The fraction of sp³-hybridized carbons (Fsp3) is 0.667. The standard InChI is InChI=1S/C6H8O2S/c7-6(8)4-2-1-3-5(4)9/h4H,1-3H2,(H,7,8). The molecule has 0 aliphatic heterocycles. The van der Waals surface area contributed by atoms with E-state index in [4.69, 9.17) is 17.3 Å². The summed E-state index contributed by atoms with van der Waals surface area (Å²) in [5, 5.41) is 8.50. The van der Waals surface area contributed by atoms with Gasteiger partial charge in [-0.15, -0.1) is 0 Å². The van der Waals surface area contributed by atoms with Gasteiger partial charge in [-0.05, 0) is 19.3 Å². The maximum atomic E-state index is 10.3. The number of rotatable bonds is 1. The first kappa shape index (κ1) is 6.68. The lowest BCUT2D eigenvalue weighted by molar-refractivity contribution is -0.139. The maximum absolute atomic E-state index is 10.3. The van der Waals surface area contributed by atoms with Crippen molar-refractivity contribution in [3.05, 3.63) is 0 Å². The van der Waals surface area contributed by atoms with Gasteiger partial charge >= 0.3 is 5.97 Å². The second kappa shape index (κ2) is 2.43. The first-order chi connectivity index (χ1) is 4.22. The summed E-state index contributed by atoms with van der Waals surface area (Å²) in [6.45, 7) is 0. The largest absolute Gasteiger partial charge is 0.481 e. The molecule has 0 saturated heterocycles. The van der Waals surface area contributed by atoms with Crippen LogP contribution in [0.4, 0.5) is 0 Å². The molecule has 1 N–H and O–H groups in total. The predicted molar refractivity (Wildman–Crippen MR) is 37.6 cm³/mol. The minimum absolute atomic E-state index is 0.319. The average molecular weight is 144 g/mol. The molecule has 1 saturated carbocycles. The van der Waals surface area contributed by atoms with Crippen LogP contribution >= 0.6 is 12.2 Å². The molecule has 0 heterocycles. The van der Waals surface area contributed by atoms with Crippen LogP contribution in [0.2, 0.25) is 0 Å². The molecule has 1 atom stereocenters. The van der Waals surface area contributed by atoms with Gasteiger partial charge in [0.25, 0.3) is 0 Å². The Hall–Kier alpha value is -0.440. The number of aliphatic carboxylic acids is 1. The van der Waals surface area contributed by atoms with E-state index in [1.807, 2.05) is 0 Å². The lowest BCUT2D eigenvalue weighted by atomic mass is 10.1. The van der Waals surface area contributed by atoms with E-state index in [0.29, 0.717) is 0 Å². The molecular weight excluding hydrogens is 136 g/mol. The Kier molecular flexibility index (Phi) is 1.81. The molecule has 0 aromatic carbocycles. The highest BCUT2D eigenvalue weighted by atomic mass is 32.1. The molecule has 0 spiro atoms. The van der Waals surface area contributed by atoms with E-state index in [2.05, 4.69) is 0 Å². The lowest BCUT2D eigenvalue weighted by Crippen LogP contribution is -2.15. The SMILES string of the molecule is O=C(O)C1CCCC1=S. The van der Waals surface area contributed by atoms with Crippen molar-refractivity contribution in [1.29, 1.82) is 0 Å². The minimum Gasteiger partial charge on any atom is -0.481 e. The summed E-state index contributed by atoms with van der Waals surface area (Å²) in [4.78, 5) is 11.0. The Morgan fingerprint density at radius 3 is 2.67 bits per heavy atom. The fourth-order valence-electron chi connectivity index (χ4n) is 1.08. The topological polar surface area (TPSA) is 37.3 Å². The number of hydrogen-bond donors (Lipinski definition) is 1. The molecule has 0 bridgehead atoms. The summed E-state index contributed by atoms with van der Waals surface area (Å²) in [7, 11) is 0. The Morgan fingerprint density at radius 2 is 2.44 bits per heavy atom. The summed E-state index contributed by atoms with van der Waals surface area (Å²) in [5.41, 5.74) is 0. The molecule has 3 heteroatoms. The average Bonchev–Trinajstić information content (AvgIpc) is 2.13. The van der Waals surface area contributed by atoms with Gasteiger partial charge in [0, 0.05) is 4.86 Å². The van der Waals surface area contributed by atoms with Crippen LogP contribution < -0.4 is 0 Å². The first-order valence-electron chi connectivity index (χ1n) is 2.97. The van der Waals surface area contributed by atoms with Crippen molar-refractivity contribution in [2.75, 3.05) is 0 Å². The molecule has 1 rings (SSSR count). The quantitative estimate of drug-likeness (QED) is 0.562. The third-order valence-electron chi connectivity index (χ3n) is 1.60.